The lowest BCUT2D eigenvalue weighted by Gasteiger charge is -2.27. The zero-order valence-corrected chi connectivity index (χ0v) is 8.99. The zero-order valence-electron chi connectivity index (χ0n) is 8.99. The molecule has 0 aromatic rings. The van der Waals surface area contributed by atoms with Gasteiger partial charge in [0.1, 0.15) is 0 Å². The maximum atomic E-state index is 5.83. The standard InChI is InChI=1S/C12H19NO/c1-4-8(2)13-9(3)11-7-10-5-6-12(11)14-10/h1,8-13H,5-7H2,2-3H3. The summed E-state index contributed by atoms with van der Waals surface area (Å²) in [5, 5.41) is 3.44. The number of rotatable bonds is 3. The van der Waals surface area contributed by atoms with Gasteiger partial charge in [-0.05, 0) is 33.1 Å². The molecule has 78 valence electrons. The fourth-order valence-electron chi connectivity index (χ4n) is 2.77. The molecular formula is C12H19NO. The number of terminal acetylenes is 1. The topological polar surface area (TPSA) is 21.3 Å². The molecule has 0 saturated carbocycles. The van der Waals surface area contributed by atoms with Gasteiger partial charge in [0.25, 0.3) is 0 Å². The van der Waals surface area contributed by atoms with Crippen molar-refractivity contribution in [3.05, 3.63) is 0 Å². The Balaban J connectivity index is 1.87. The Morgan fingerprint density at radius 3 is 2.71 bits per heavy atom. The highest BCUT2D eigenvalue weighted by molar-refractivity contribution is 5.00. The molecule has 5 unspecified atom stereocenters. The van der Waals surface area contributed by atoms with Crippen molar-refractivity contribution in [2.75, 3.05) is 0 Å². The molecule has 2 nitrogen and oxygen atoms in total. The molecule has 2 aliphatic heterocycles. The Bertz CT molecular complexity index is 245. The van der Waals surface area contributed by atoms with Gasteiger partial charge in [-0.15, -0.1) is 6.42 Å². The second kappa shape index (κ2) is 3.92. The lowest BCUT2D eigenvalue weighted by atomic mass is 9.84. The molecule has 1 N–H and O–H groups in total. The highest BCUT2D eigenvalue weighted by Gasteiger charge is 2.43. The van der Waals surface area contributed by atoms with Gasteiger partial charge in [-0.1, -0.05) is 5.92 Å². The average Bonchev–Trinajstić information content (AvgIpc) is 2.78. The quantitative estimate of drug-likeness (QED) is 0.687. The van der Waals surface area contributed by atoms with E-state index in [1.165, 1.54) is 19.3 Å². The summed E-state index contributed by atoms with van der Waals surface area (Å²) in [5.41, 5.74) is 0. The maximum absolute atomic E-state index is 5.83. The molecule has 2 rings (SSSR count). The molecule has 14 heavy (non-hydrogen) atoms. The molecule has 2 saturated heterocycles. The van der Waals surface area contributed by atoms with E-state index in [9.17, 15) is 0 Å². The molecule has 0 radical (unpaired) electrons. The molecule has 2 fully saturated rings. The van der Waals surface area contributed by atoms with Gasteiger partial charge in [-0.3, -0.25) is 0 Å². The molecule has 0 amide bonds. The van der Waals surface area contributed by atoms with Crippen molar-refractivity contribution in [3.63, 3.8) is 0 Å². The first-order chi connectivity index (χ1) is 6.70. The minimum atomic E-state index is 0.170. The van der Waals surface area contributed by atoms with E-state index in [0.29, 0.717) is 24.2 Å². The Morgan fingerprint density at radius 1 is 1.43 bits per heavy atom. The SMILES string of the molecule is C#CC(C)NC(C)C1CC2CCC1O2. The van der Waals surface area contributed by atoms with Gasteiger partial charge in [0, 0.05) is 12.0 Å². The van der Waals surface area contributed by atoms with Crippen LogP contribution in [0.5, 0.6) is 0 Å². The molecule has 2 heterocycles. The van der Waals surface area contributed by atoms with Crippen LogP contribution in [0.2, 0.25) is 0 Å². The molecule has 5 atom stereocenters. The molecular weight excluding hydrogens is 174 g/mol. The molecule has 2 heteroatoms. The van der Waals surface area contributed by atoms with Gasteiger partial charge in [-0.2, -0.15) is 0 Å². The number of hydrogen-bond donors (Lipinski definition) is 1. The number of ether oxygens (including phenoxy) is 1. The van der Waals surface area contributed by atoms with Crippen LogP contribution in [0.15, 0.2) is 0 Å². The van der Waals surface area contributed by atoms with Gasteiger partial charge >= 0.3 is 0 Å². The van der Waals surface area contributed by atoms with E-state index in [0.717, 1.165) is 0 Å². The smallest absolute Gasteiger partial charge is 0.0660 e. The van der Waals surface area contributed by atoms with Crippen molar-refractivity contribution in [2.24, 2.45) is 5.92 Å². The second-order valence-corrected chi connectivity index (χ2v) is 4.62. The number of fused-ring (bicyclic) bond motifs is 2. The molecule has 0 spiro atoms. The Morgan fingerprint density at radius 2 is 2.21 bits per heavy atom. The highest BCUT2D eigenvalue weighted by atomic mass is 16.5. The van der Waals surface area contributed by atoms with Gasteiger partial charge in [0.2, 0.25) is 0 Å². The van der Waals surface area contributed by atoms with E-state index >= 15 is 0 Å². The lowest BCUT2D eigenvalue weighted by molar-refractivity contribution is 0.0867. The summed E-state index contributed by atoms with van der Waals surface area (Å²) in [5.74, 6) is 3.38. The summed E-state index contributed by atoms with van der Waals surface area (Å²) in [6.07, 6.45) is 10.1. The van der Waals surface area contributed by atoms with Crippen molar-refractivity contribution in [1.82, 2.24) is 5.32 Å². The summed E-state index contributed by atoms with van der Waals surface area (Å²) >= 11 is 0. The average molecular weight is 193 g/mol. The van der Waals surface area contributed by atoms with Gasteiger partial charge in [0.15, 0.2) is 0 Å². The number of hydrogen-bond acceptors (Lipinski definition) is 2. The Hall–Kier alpha value is -0.520. The molecule has 2 bridgehead atoms. The number of nitrogens with one attached hydrogen (secondary N) is 1. The van der Waals surface area contributed by atoms with E-state index in [4.69, 9.17) is 11.2 Å². The fourth-order valence-corrected chi connectivity index (χ4v) is 2.77. The zero-order chi connectivity index (χ0) is 10.1. The lowest BCUT2D eigenvalue weighted by Crippen LogP contribution is -2.42. The molecule has 0 aromatic heterocycles. The van der Waals surface area contributed by atoms with Crippen molar-refractivity contribution in [3.8, 4) is 12.3 Å². The first-order valence-electron chi connectivity index (χ1n) is 5.58. The van der Waals surface area contributed by atoms with Crippen LogP contribution in [0.3, 0.4) is 0 Å². The first kappa shape index (κ1) is 10.0. The van der Waals surface area contributed by atoms with E-state index in [1.54, 1.807) is 0 Å². The molecule has 2 aliphatic rings. The first-order valence-corrected chi connectivity index (χ1v) is 5.58. The third-order valence-electron chi connectivity index (χ3n) is 3.56. The monoisotopic (exact) mass is 193 g/mol. The Labute approximate surface area is 86.4 Å². The van der Waals surface area contributed by atoms with Crippen LogP contribution in [-0.2, 0) is 4.74 Å². The summed E-state index contributed by atoms with van der Waals surface area (Å²) in [6, 6.07) is 0.653. The van der Waals surface area contributed by atoms with Crippen LogP contribution >= 0.6 is 0 Å². The summed E-state index contributed by atoms with van der Waals surface area (Å²) in [6.45, 7) is 4.26. The van der Waals surface area contributed by atoms with Crippen molar-refractivity contribution >= 4 is 0 Å². The van der Waals surface area contributed by atoms with E-state index in [-0.39, 0.29) is 6.04 Å². The largest absolute Gasteiger partial charge is 0.375 e. The van der Waals surface area contributed by atoms with Crippen LogP contribution in [0.25, 0.3) is 0 Å². The third kappa shape index (κ3) is 1.80. The van der Waals surface area contributed by atoms with Crippen LogP contribution in [0.1, 0.15) is 33.1 Å². The highest BCUT2D eigenvalue weighted by Crippen LogP contribution is 2.40. The summed E-state index contributed by atoms with van der Waals surface area (Å²) in [7, 11) is 0. The van der Waals surface area contributed by atoms with E-state index in [2.05, 4.69) is 18.2 Å². The van der Waals surface area contributed by atoms with Crippen molar-refractivity contribution in [2.45, 2.75) is 57.4 Å². The van der Waals surface area contributed by atoms with Crippen molar-refractivity contribution in [1.29, 1.82) is 0 Å². The van der Waals surface area contributed by atoms with Crippen LogP contribution in [0, 0.1) is 18.3 Å². The summed E-state index contributed by atoms with van der Waals surface area (Å²) in [4.78, 5) is 0. The second-order valence-electron chi connectivity index (χ2n) is 4.62. The van der Waals surface area contributed by atoms with Crippen LogP contribution < -0.4 is 5.32 Å². The predicted octanol–water partition coefficient (Wildman–Crippen LogP) is 1.55. The van der Waals surface area contributed by atoms with Crippen molar-refractivity contribution < 1.29 is 4.74 Å². The minimum Gasteiger partial charge on any atom is -0.375 e. The minimum absolute atomic E-state index is 0.170. The predicted molar refractivity (Wildman–Crippen MR) is 56.9 cm³/mol. The maximum Gasteiger partial charge on any atom is 0.0660 e. The van der Waals surface area contributed by atoms with E-state index < -0.39 is 0 Å². The van der Waals surface area contributed by atoms with Gasteiger partial charge in [0.05, 0.1) is 18.2 Å². The molecule has 0 aliphatic carbocycles. The fraction of sp³-hybridized carbons (Fsp3) is 0.833. The normalized spacial score (nSPS) is 39.4. The van der Waals surface area contributed by atoms with Crippen LogP contribution in [-0.4, -0.2) is 24.3 Å². The summed E-state index contributed by atoms with van der Waals surface area (Å²) < 4.78 is 5.83. The van der Waals surface area contributed by atoms with Crippen LogP contribution in [0.4, 0.5) is 0 Å². The van der Waals surface area contributed by atoms with Gasteiger partial charge < -0.3 is 10.1 Å². The Kier molecular flexibility index (Phi) is 2.80. The molecule has 0 aromatic carbocycles. The van der Waals surface area contributed by atoms with Gasteiger partial charge in [-0.25, -0.2) is 0 Å². The van der Waals surface area contributed by atoms with E-state index in [1.807, 2.05) is 6.92 Å². The third-order valence-corrected chi connectivity index (χ3v) is 3.56.